The maximum absolute atomic E-state index is 11.5. The molecule has 0 aliphatic rings. The van der Waals surface area contributed by atoms with Crippen molar-refractivity contribution < 1.29 is 14.3 Å². The van der Waals surface area contributed by atoms with E-state index in [1.165, 1.54) is 25.7 Å². The van der Waals surface area contributed by atoms with Gasteiger partial charge in [0.25, 0.3) is 0 Å². The molecule has 0 aromatic rings. The number of nitrogens with two attached hydrogens (primary N) is 1. The van der Waals surface area contributed by atoms with Crippen molar-refractivity contribution in [2.45, 2.75) is 64.8 Å². The Labute approximate surface area is 111 Å². The molecule has 0 aliphatic heterocycles. The predicted molar refractivity (Wildman–Crippen MR) is 73.4 cm³/mol. The number of rotatable bonds is 11. The molecule has 0 saturated heterocycles. The van der Waals surface area contributed by atoms with Crippen LogP contribution in [0.15, 0.2) is 0 Å². The van der Waals surface area contributed by atoms with Gasteiger partial charge in [-0.2, -0.15) is 0 Å². The third-order valence-corrected chi connectivity index (χ3v) is 2.90. The molecule has 4 nitrogen and oxygen atoms in total. The lowest BCUT2D eigenvalue weighted by atomic mass is 10.0. The van der Waals surface area contributed by atoms with Crippen molar-refractivity contribution in [2.24, 2.45) is 5.73 Å². The van der Waals surface area contributed by atoms with Gasteiger partial charge in [0.2, 0.25) is 0 Å². The van der Waals surface area contributed by atoms with Gasteiger partial charge in [0.15, 0.2) is 0 Å². The minimum Gasteiger partial charge on any atom is -0.465 e. The number of carbonyl (C=O) groups is 1. The molecule has 108 valence electrons. The van der Waals surface area contributed by atoms with Crippen LogP contribution >= 0.6 is 0 Å². The van der Waals surface area contributed by atoms with Crippen LogP contribution in [-0.2, 0) is 14.3 Å². The molecule has 0 bridgehead atoms. The van der Waals surface area contributed by atoms with Crippen molar-refractivity contribution in [1.82, 2.24) is 0 Å². The van der Waals surface area contributed by atoms with Crippen molar-refractivity contribution in [1.29, 1.82) is 0 Å². The highest BCUT2D eigenvalue weighted by atomic mass is 16.5. The lowest BCUT2D eigenvalue weighted by molar-refractivity contribution is -0.149. The second-order valence-corrected chi connectivity index (χ2v) is 4.91. The van der Waals surface area contributed by atoms with E-state index in [-0.39, 0.29) is 5.97 Å². The summed E-state index contributed by atoms with van der Waals surface area (Å²) in [6.45, 7) is 7.30. The fraction of sp³-hybridized carbons (Fsp3) is 0.929. The Hall–Kier alpha value is -0.610. The van der Waals surface area contributed by atoms with Gasteiger partial charge in [-0.3, -0.25) is 4.79 Å². The van der Waals surface area contributed by atoms with E-state index < -0.39 is 5.54 Å². The van der Waals surface area contributed by atoms with Crippen LogP contribution in [0.2, 0.25) is 0 Å². The molecule has 1 atom stereocenters. The van der Waals surface area contributed by atoms with Gasteiger partial charge >= 0.3 is 5.97 Å². The number of ether oxygens (including phenoxy) is 2. The summed E-state index contributed by atoms with van der Waals surface area (Å²) in [7, 11) is 0. The van der Waals surface area contributed by atoms with Crippen LogP contribution in [-0.4, -0.2) is 31.3 Å². The average molecular weight is 259 g/mol. The molecule has 0 heterocycles. The summed E-state index contributed by atoms with van der Waals surface area (Å²) in [6, 6.07) is 0. The zero-order valence-corrected chi connectivity index (χ0v) is 12.2. The van der Waals surface area contributed by atoms with Gasteiger partial charge in [-0.1, -0.05) is 32.6 Å². The smallest absolute Gasteiger partial charge is 0.325 e. The number of esters is 1. The first-order valence-corrected chi connectivity index (χ1v) is 7.08. The van der Waals surface area contributed by atoms with Gasteiger partial charge in [0.05, 0.1) is 6.61 Å². The first-order valence-electron chi connectivity index (χ1n) is 7.08. The summed E-state index contributed by atoms with van der Waals surface area (Å²) in [5.74, 6) is -0.350. The Bertz CT molecular complexity index is 217. The van der Waals surface area contributed by atoms with E-state index in [1.807, 2.05) is 0 Å². The maximum atomic E-state index is 11.5. The van der Waals surface area contributed by atoms with E-state index >= 15 is 0 Å². The van der Waals surface area contributed by atoms with E-state index in [0.717, 1.165) is 13.0 Å². The molecular weight excluding hydrogens is 230 g/mol. The average Bonchev–Trinajstić information content (AvgIpc) is 2.33. The van der Waals surface area contributed by atoms with Crippen molar-refractivity contribution in [3.05, 3.63) is 0 Å². The number of hydrogen-bond acceptors (Lipinski definition) is 4. The molecule has 0 saturated carbocycles. The van der Waals surface area contributed by atoms with Crippen LogP contribution in [0.5, 0.6) is 0 Å². The molecule has 4 heteroatoms. The standard InChI is InChI=1S/C14H29NO3/c1-4-6-7-8-9-11-17-12-10-14(3,15)13(16)18-5-2/h4-12,15H2,1-3H3. The van der Waals surface area contributed by atoms with Gasteiger partial charge in [0, 0.05) is 13.2 Å². The van der Waals surface area contributed by atoms with E-state index in [1.54, 1.807) is 13.8 Å². The van der Waals surface area contributed by atoms with Crippen LogP contribution in [0.25, 0.3) is 0 Å². The van der Waals surface area contributed by atoms with Gasteiger partial charge in [-0.15, -0.1) is 0 Å². The Morgan fingerprint density at radius 3 is 2.39 bits per heavy atom. The molecule has 0 radical (unpaired) electrons. The third kappa shape index (κ3) is 8.48. The minimum atomic E-state index is -0.932. The lowest BCUT2D eigenvalue weighted by Crippen LogP contribution is -2.47. The van der Waals surface area contributed by atoms with E-state index in [2.05, 4.69) is 6.92 Å². The lowest BCUT2D eigenvalue weighted by Gasteiger charge is -2.21. The van der Waals surface area contributed by atoms with Crippen LogP contribution in [0.1, 0.15) is 59.3 Å². The monoisotopic (exact) mass is 259 g/mol. The summed E-state index contributed by atoms with van der Waals surface area (Å²) in [5.41, 5.74) is 4.94. The first kappa shape index (κ1) is 17.4. The SMILES string of the molecule is CCCCCCCOCCC(C)(N)C(=O)OCC. The highest BCUT2D eigenvalue weighted by Gasteiger charge is 2.29. The molecule has 1 unspecified atom stereocenters. The van der Waals surface area contributed by atoms with Crippen molar-refractivity contribution in [2.75, 3.05) is 19.8 Å². The van der Waals surface area contributed by atoms with Crippen LogP contribution < -0.4 is 5.73 Å². The number of unbranched alkanes of at least 4 members (excludes halogenated alkanes) is 4. The molecule has 18 heavy (non-hydrogen) atoms. The van der Waals surface area contributed by atoms with Crippen molar-refractivity contribution in [3.8, 4) is 0 Å². The van der Waals surface area contributed by atoms with Crippen molar-refractivity contribution in [3.63, 3.8) is 0 Å². The topological polar surface area (TPSA) is 61.5 Å². The molecule has 2 N–H and O–H groups in total. The first-order chi connectivity index (χ1) is 8.54. The van der Waals surface area contributed by atoms with E-state index in [4.69, 9.17) is 15.2 Å². The Morgan fingerprint density at radius 2 is 1.78 bits per heavy atom. The molecule has 0 aromatic carbocycles. The molecule has 0 aliphatic carbocycles. The van der Waals surface area contributed by atoms with E-state index in [9.17, 15) is 4.79 Å². The maximum Gasteiger partial charge on any atom is 0.325 e. The second kappa shape index (κ2) is 10.3. The van der Waals surface area contributed by atoms with E-state index in [0.29, 0.717) is 19.6 Å². The highest BCUT2D eigenvalue weighted by molar-refractivity contribution is 5.79. The van der Waals surface area contributed by atoms with Gasteiger partial charge < -0.3 is 15.2 Å². The fourth-order valence-electron chi connectivity index (χ4n) is 1.59. The molecule has 0 fully saturated rings. The fourth-order valence-corrected chi connectivity index (χ4v) is 1.59. The third-order valence-electron chi connectivity index (χ3n) is 2.90. The van der Waals surface area contributed by atoms with Crippen LogP contribution in [0.3, 0.4) is 0 Å². The molecule has 0 aromatic heterocycles. The van der Waals surface area contributed by atoms with Gasteiger partial charge in [-0.05, 0) is 26.7 Å². The summed E-state index contributed by atoms with van der Waals surface area (Å²) in [5, 5.41) is 0. The second-order valence-electron chi connectivity index (χ2n) is 4.91. The summed E-state index contributed by atoms with van der Waals surface area (Å²) < 4.78 is 10.4. The zero-order chi connectivity index (χ0) is 13.9. The molecule has 0 amide bonds. The Balaban J connectivity index is 3.49. The van der Waals surface area contributed by atoms with Gasteiger partial charge in [-0.25, -0.2) is 0 Å². The minimum absolute atomic E-state index is 0.350. The number of hydrogen-bond donors (Lipinski definition) is 1. The summed E-state index contributed by atoms with van der Waals surface area (Å²) >= 11 is 0. The largest absolute Gasteiger partial charge is 0.465 e. The zero-order valence-electron chi connectivity index (χ0n) is 12.2. The molecular formula is C14H29NO3. The Kier molecular flexibility index (Phi) is 9.98. The van der Waals surface area contributed by atoms with Gasteiger partial charge in [0.1, 0.15) is 5.54 Å². The van der Waals surface area contributed by atoms with Crippen molar-refractivity contribution >= 4 is 5.97 Å². The molecule has 0 spiro atoms. The normalized spacial score (nSPS) is 14.2. The highest BCUT2D eigenvalue weighted by Crippen LogP contribution is 2.09. The predicted octanol–water partition coefficient (Wildman–Crippen LogP) is 2.64. The Morgan fingerprint density at radius 1 is 1.11 bits per heavy atom. The number of carbonyl (C=O) groups excluding carboxylic acids is 1. The molecule has 0 rings (SSSR count). The van der Waals surface area contributed by atoms with Crippen LogP contribution in [0.4, 0.5) is 0 Å². The summed E-state index contributed by atoms with van der Waals surface area (Å²) in [6.07, 6.45) is 6.63. The quantitative estimate of drug-likeness (QED) is 0.458. The summed E-state index contributed by atoms with van der Waals surface area (Å²) in [4.78, 5) is 11.5. The van der Waals surface area contributed by atoms with Crippen LogP contribution in [0, 0.1) is 0 Å².